The van der Waals surface area contributed by atoms with Gasteiger partial charge in [0.2, 0.25) is 0 Å². The molecule has 0 heterocycles. The van der Waals surface area contributed by atoms with Crippen molar-refractivity contribution in [1.82, 2.24) is 5.32 Å². The van der Waals surface area contributed by atoms with Gasteiger partial charge < -0.3 is 10.1 Å². The summed E-state index contributed by atoms with van der Waals surface area (Å²) in [5, 5.41) is 3.26. The van der Waals surface area contributed by atoms with Crippen LogP contribution in [0.25, 0.3) is 0 Å². The number of carbonyl (C=O) groups is 1. The van der Waals surface area contributed by atoms with Gasteiger partial charge in [0, 0.05) is 41.0 Å². The van der Waals surface area contributed by atoms with Crippen LogP contribution in [-0.2, 0) is 20.3 Å². The van der Waals surface area contributed by atoms with E-state index in [1.54, 1.807) is 6.26 Å². The van der Waals surface area contributed by atoms with Gasteiger partial charge in [0.1, 0.15) is 0 Å². The highest BCUT2D eigenvalue weighted by Crippen LogP contribution is 2.02. The molecule has 4 nitrogen and oxygen atoms in total. The zero-order chi connectivity index (χ0) is 13.3. The SMILES string of the molecule is CCC(=CCNC(C)CCS(C)=O)C(=O)OC. The van der Waals surface area contributed by atoms with Crippen LogP contribution >= 0.6 is 0 Å². The first-order valence-corrected chi connectivity index (χ1v) is 7.54. The molecule has 0 aliphatic carbocycles. The summed E-state index contributed by atoms with van der Waals surface area (Å²) >= 11 is 0. The Hall–Kier alpha value is -0.680. The molecule has 0 radical (unpaired) electrons. The number of hydrogen-bond acceptors (Lipinski definition) is 4. The molecule has 0 aromatic carbocycles. The second-order valence-corrected chi connectivity index (χ2v) is 5.50. The minimum atomic E-state index is -0.740. The van der Waals surface area contributed by atoms with Crippen LogP contribution < -0.4 is 5.32 Å². The van der Waals surface area contributed by atoms with Crippen molar-refractivity contribution < 1.29 is 13.7 Å². The third-order valence-electron chi connectivity index (χ3n) is 2.48. The molecule has 0 bridgehead atoms. The van der Waals surface area contributed by atoms with E-state index in [-0.39, 0.29) is 5.97 Å². The maximum absolute atomic E-state index is 11.3. The van der Waals surface area contributed by atoms with Gasteiger partial charge >= 0.3 is 5.97 Å². The van der Waals surface area contributed by atoms with Gasteiger partial charge in [-0.05, 0) is 19.8 Å². The Kier molecular flexibility index (Phi) is 8.99. The first-order chi connectivity index (χ1) is 8.01. The van der Waals surface area contributed by atoms with E-state index in [1.807, 2.05) is 19.9 Å². The van der Waals surface area contributed by atoms with Crippen molar-refractivity contribution in [2.75, 3.05) is 25.7 Å². The van der Waals surface area contributed by atoms with Crippen molar-refractivity contribution in [3.8, 4) is 0 Å². The van der Waals surface area contributed by atoms with Crippen LogP contribution in [0.2, 0.25) is 0 Å². The van der Waals surface area contributed by atoms with Gasteiger partial charge in [0.25, 0.3) is 0 Å². The molecule has 0 aromatic heterocycles. The number of rotatable bonds is 8. The van der Waals surface area contributed by atoms with Crippen LogP contribution in [-0.4, -0.2) is 41.9 Å². The fourth-order valence-electron chi connectivity index (χ4n) is 1.33. The molecule has 17 heavy (non-hydrogen) atoms. The topological polar surface area (TPSA) is 55.4 Å². The van der Waals surface area contributed by atoms with E-state index in [0.29, 0.717) is 30.3 Å². The summed E-state index contributed by atoms with van der Waals surface area (Å²) in [7, 11) is 0.647. The molecule has 2 unspecified atom stereocenters. The second kappa shape index (κ2) is 9.36. The zero-order valence-corrected chi connectivity index (χ0v) is 11.9. The van der Waals surface area contributed by atoms with Crippen molar-refractivity contribution in [3.05, 3.63) is 11.6 Å². The van der Waals surface area contributed by atoms with E-state index in [2.05, 4.69) is 10.1 Å². The quantitative estimate of drug-likeness (QED) is 0.527. The standard InChI is InChI=1S/C12H23NO3S/c1-5-11(12(14)16-3)6-8-13-10(2)7-9-17(4)15/h6,10,13H,5,7-9H2,1-4H3. The first kappa shape index (κ1) is 16.3. The molecule has 0 aliphatic heterocycles. The molecule has 5 heteroatoms. The first-order valence-electron chi connectivity index (χ1n) is 5.82. The number of carbonyl (C=O) groups excluding carboxylic acids is 1. The van der Waals surface area contributed by atoms with E-state index in [4.69, 9.17) is 0 Å². The Balaban J connectivity index is 3.97. The summed E-state index contributed by atoms with van der Waals surface area (Å²) in [6.07, 6.45) is 5.10. The summed E-state index contributed by atoms with van der Waals surface area (Å²) in [5.41, 5.74) is 0.686. The molecule has 0 rings (SSSR count). The third kappa shape index (κ3) is 8.10. The van der Waals surface area contributed by atoms with Crippen LogP contribution in [0.3, 0.4) is 0 Å². The van der Waals surface area contributed by atoms with Crippen LogP contribution in [0, 0.1) is 0 Å². The molecule has 0 saturated heterocycles. The normalized spacial score (nSPS) is 15.4. The Labute approximate surface area is 106 Å². The van der Waals surface area contributed by atoms with Crippen molar-refractivity contribution >= 4 is 16.8 Å². The smallest absolute Gasteiger partial charge is 0.333 e. The average Bonchev–Trinajstić information content (AvgIpc) is 2.31. The summed E-state index contributed by atoms with van der Waals surface area (Å²) in [4.78, 5) is 11.3. The molecule has 0 fully saturated rings. The summed E-state index contributed by atoms with van der Waals surface area (Å²) in [6.45, 7) is 4.60. The van der Waals surface area contributed by atoms with Crippen LogP contribution in [0.1, 0.15) is 26.7 Å². The minimum Gasteiger partial charge on any atom is -0.466 e. The summed E-state index contributed by atoms with van der Waals surface area (Å²) < 4.78 is 15.6. The Morgan fingerprint density at radius 3 is 2.65 bits per heavy atom. The molecule has 100 valence electrons. The monoisotopic (exact) mass is 261 g/mol. The lowest BCUT2D eigenvalue weighted by Gasteiger charge is -2.11. The predicted molar refractivity (Wildman–Crippen MR) is 71.4 cm³/mol. The maximum Gasteiger partial charge on any atom is 0.333 e. The summed E-state index contributed by atoms with van der Waals surface area (Å²) in [5.74, 6) is 0.437. The Morgan fingerprint density at radius 1 is 1.53 bits per heavy atom. The largest absolute Gasteiger partial charge is 0.466 e. The fourth-order valence-corrected chi connectivity index (χ4v) is 2.02. The zero-order valence-electron chi connectivity index (χ0n) is 11.1. The van der Waals surface area contributed by atoms with Gasteiger partial charge in [-0.3, -0.25) is 4.21 Å². The lowest BCUT2D eigenvalue weighted by Crippen LogP contribution is -2.28. The van der Waals surface area contributed by atoms with E-state index in [1.165, 1.54) is 7.11 Å². The van der Waals surface area contributed by atoms with Crippen molar-refractivity contribution in [2.45, 2.75) is 32.7 Å². The summed E-state index contributed by atoms with van der Waals surface area (Å²) in [6, 6.07) is 0.297. The Morgan fingerprint density at radius 2 is 2.18 bits per heavy atom. The van der Waals surface area contributed by atoms with Gasteiger partial charge in [0.05, 0.1) is 7.11 Å². The second-order valence-electron chi connectivity index (χ2n) is 3.95. The predicted octanol–water partition coefficient (Wildman–Crippen LogP) is 1.24. The molecule has 0 saturated carbocycles. The van der Waals surface area contributed by atoms with Gasteiger partial charge in [-0.2, -0.15) is 0 Å². The van der Waals surface area contributed by atoms with E-state index in [9.17, 15) is 9.00 Å². The highest BCUT2D eigenvalue weighted by atomic mass is 32.2. The van der Waals surface area contributed by atoms with Crippen molar-refractivity contribution in [3.63, 3.8) is 0 Å². The molecular formula is C12H23NO3S. The number of methoxy groups -OCH3 is 1. The fraction of sp³-hybridized carbons (Fsp3) is 0.750. The lowest BCUT2D eigenvalue weighted by molar-refractivity contribution is -0.136. The molecular weight excluding hydrogens is 238 g/mol. The van der Waals surface area contributed by atoms with Gasteiger partial charge in [-0.15, -0.1) is 0 Å². The number of esters is 1. The molecule has 0 aromatic rings. The van der Waals surface area contributed by atoms with E-state index < -0.39 is 10.8 Å². The molecule has 2 atom stereocenters. The minimum absolute atomic E-state index is 0.267. The van der Waals surface area contributed by atoms with Crippen molar-refractivity contribution in [1.29, 1.82) is 0 Å². The van der Waals surface area contributed by atoms with Crippen LogP contribution in [0.15, 0.2) is 11.6 Å². The van der Waals surface area contributed by atoms with E-state index >= 15 is 0 Å². The third-order valence-corrected chi connectivity index (χ3v) is 3.29. The number of ether oxygens (including phenoxy) is 1. The highest BCUT2D eigenvalue weighted by molar-refractivity contribution is 7.84. The molecule has 0 spiro atoms. The van der Waals surface area contributed by atoms with Gasteiger partial charge in [-0.1, -0.05) is 13.0 Å². The van der Waals surface area contributed by atoms with Crippen LogP contribution in [0.4, 0.5) is 0 Å². The van der Waals surface area contributed by atoms with E-state index in [0.717, 1.165) is 6.42 Å². The maximum atomic E-state index is 11.3. The van der Waals surface area contributed by atoms with Crippen LogP contribution in [0.5, 0.6) is 0 Å². The van der Waals surface area contributed by atoms with Crippen molar-refractivity contribution in [2.24, 2.45) is 0 Å². The molecule has 0 aliphatic rings. The Bertz CT molecular complexity index is 289. The highest BCUT2D eigenvalue weighted by Gasteiger charge is 2.06. The average molecular weight is 261 g/mol. The number of hydrogen-bond donors (Lipinski definition) is 1. The molecule has 1 N–H and O–H groups in total. The lowest BCUT2D eigenvalue weighted by atomic mass is 10.2. The van der Waals surface area contributed by atoms with Gasteiger partial charge in [-0.25, -0.2) is 4.79 Å². The van der Waals surface area contributed by atoms with Gasteiger partial charge in [0.15, 0.2) is 0 Å². The number of nitrogens with one attached hydrogen (secondary N) is 1. The molecule has 0 amide bonds.